The first kappa shape index (κ1) is 17.4. The smallest absolute Gasteiger partial charge is 0.303 e. The van der Waals surface area contributed by atoms with Gasteiger partial charge in [0.25, 0.3) is 5.91 Å². The number of amides is 1. The van der Waals surface area contributed by atoms with Crippen LogP contribution >= 0.6 is 24.0 Å². The second-order valence-corrected chi connectivity index (χ2v) is 6.39. The van der Waals surface area contributed by atoms with Gasteiger partial charge in [0.15, 0.2) is 0 Å². The van der Waals surface area contributed by atoms with Gasteiger partial charge in [0.2, 0.25) is 0 Å². The van der Waals surface area contributed by atoms with Crippen LogP contribution in [0.1, 0.15) is 18.4 Å². The van der Waals surface area contributed by atoms with Gasteiger partial charge in [0.1, 0.15) is 15.9 Å². The van der Waals surface area contributed by atoms with Crippen molar-refractivity contribution in [3.8, 4) is 5.75 Å². The molecule has 1 aromatic rings. The predicted octanol–water partition coefficient (Wildman–Crippen LogP) is 2.90. The normalized spacial score (nSPS) is 16.3. The topological polar surface area (TPSA) is 66.8 Å². The monoisotopic (exact) mass is 355 g/mol. The number of carbonyl (C=O) groups is 2. The Morgan fingerprint density at radius 3 is 2.91 bits per heavy atom. The number of carboxylic acids is 1. The van der Waals surface area contributed by atoms with Crippen molar-refractivity contribution >= 4 is 46.3 Å². The van der Waals surface area contributed by atoms with Crippen molar-refractivity contribution in [3.63, 3.8) is 0 Å². The highest BCUT2D eigenvalue weighted by atomic mass is 32.2. The molecule has 0 atom stereocenters. The standard InChI is InChI=1S/C15H14FNO4S2/c1-21-11-5-4-10(16)7-9(11)8-12-14(20)17(15(22)23-12)6-2-3-13(18)19/h4-5,7-8H,2-3,6H2,1H3,(H,18,19)/b12-8-. The lowest BCUT2D eigenvalue weighted by Gasteiger charge is -2.13. The highest BCUT2D eigenvalue weighted by molar-refractivity contribution is 8.26. The van der Waals surface area contributed by atoms with Crippen molar-refractivity contribution in [2.45, 2.75) is 12.8 Å². The summed E-state index contributed by atoms with van der Waals surface area (Å²) in [7, 11) is 1.46. The molecule has 1 N–H and O–H groups in total. The van der Waals surface area contributed by atoms with Crippen LogP contribution in [-0.2, 0) is 9.59 Å². The number of hydrogen-bond acceptors (Lipinski definition) is 5. The number of carboxylic acid groups (broad SMARTS) is 1. The lowest BCUT2D eigenvalue weighted by atomic mass is 10.1. The first-order valence-corrected chi connectivity index (χ1v) is 7.95. The van der Waals surface area contributed by atoms with Crippen LogP contribution in [0.4, 0.5) is 4.39 Å². The van der Waals surface area contributed by atoms with Crippen LogP contribution in [0.3, 0.4) is 0 Å². The SMILES string of the molecule is COc1ccc(F)cc1/C=C1\SC(=S)N(CCCC(=O)O)C1=O. The van der Waals surface area contributed by atoms with Gasteiger partial charge in [-0.05, 0) is 30.7 Å². The molecule has 0 spiro atoms. The molecule has 1 fully saturated rings. The van der Waals surface area contributed by atoms with Crippen LogP contribution in [0.2, 0.25) is 0 Å². The van der Waals surface area contributed by atoms with Gasteiger partial charge in [-0.1, -0.05) is 24.0 Å². The number of thiocarbonyl (C=S) groups is 1. The van der Waals surface area contributed by atoms with Crippen molar-refractivity contribution in [2.24, 2.45) is 0 Å². The molecule has 0 unspecified atom stereocenters. The molecule has 1 amide bonds. The fourth-order valence-corrected chi connectivity index (χ4v) is 3.34. The fraction of sp³-hybridized carbons (Fsp3) is 0.267. The number of nitrogens with zero attached hydrogens (tertiary/aromatic N) is 1. The minimum Gasteiger partial charge on any atom is -0.496 e. The number of ether oxygens (including phenoxy) is 1. The van der Waals surface area contributed by atoms with Crippen LogP contribution in [0.15, 0.2) is 23.1 Å². The zero-order valence-electron chi connectivity index (χ0n) is 12.2. The Balaban J connectivity index is 2.18. The molecule has 122 valence electrons. The molecular weight excluding hydrogens is 341 g/mol. The van der Waals surface area contributed by atoms with Gasteiger partial charge in [-0.2, -0.15) is 0 Å². The lowest BCUT2D eigenvalue weighted by Crippen LogP contribution is -2.29. The summed E-state index contributed by atoms with van der Waals surface area (Å²) >= 11 is 6.26. The number of thioether (sulfide) groups is 1. The summed E-state index contributed by atoms with van der Waals surface area (Å²) in [5.74, 6) is -1.22. The van der Waals surface area contributed by atoms with E-state index in [9.17, 15) is 14.0 Å². The predicted molar refractivity (Wildman–Crippen MR) is 89.7 cm³/mol. The molecule has 1 aliphatic heterocycles. The van der Waals surface area contributed by atoms with E-state index < -0.39 is 11.8 Å². The molecule has 5 nitrogen and oxygen atoms in total. The van der Waals surface area contributed by atoms with E-state index in [1.807, 2.05) is 0 Å². The number of halogens is 1. The molecule has 0 saturated carbocycles. The van der Waals surface area contributed by atoms with E-state index in [1.165, 1.54) is 36.3 Å². The van der Waals surface area contributed by atoms with Crippen LogP contribution in [-0.4, -0.2) is 39.9 Å². The Morgan fingerprint density at radius 1 is 1.52 bits per heavy atom. The Bertz CT molecular complexity index is 690. The van der Waals surface area contributed by atoms with Crippen LogP contribution < -0.4 is 4.74 Å². The molecule has 1 heterocycles. The third-order valence-corrected chi connectivity index (χ3v) is 4.50. The highest BCUT2D eigenvalue weighted by Gasteiger charge is 2.31. The number of benzene rings is 1. The second-order valence-electron chi connectivity index (χ2n) is 4.72. The second kappa shape index (κ2) is 7.56. The minimum absolute atomic E-state index is 0.0339. The number of methoxy groups -OCH3 is 1. The Morgan fingerprint density at radius 2 is 2.26 bits per heavy atom. The molecule has 1 aromatic carbocycles. The zero-order valence-corrected chi connectivity index (χ0v) is 13.9. The quantitative estimate of drug-likeness (QED) is 0.625. The van der Waals surface area contributed by atoms with Crippen LogP contribution in [0.5, 0.6) is 5.75 Å². The van der Waals surface area contributed by atoms with E-state index in [-0.39, 0.29) is 18.9 Å². The van der Waals surface area contributed by atoms with E-state index in [4.69, 9.17) is 22.1 Å². The maximum atomic E-state index is 13.4. The zero-order chi connectivity index (χ0) is 17.0. The van der Waals surface area contributed by atoms with Gasteiger partial charge in [-0.15, -0.1) is 0 Å². The van der Waals surface area contributed by atoms with Crippen LogP contribution in [0, 0.1) is 5.82 Å². The van der Waals surface area contributed by atoms with Gasteiger partial charge in [0.05, 0.1) is 12.0 Å². The first-order valence-electron chi connectivity index (χ1n) is 6.73. The molecule has 0 bridgehead atoms. The maximum absolute atomic E-state index is 13.4. The summed E-state index contributed by atoms with van der Waals surface area (Å²) in [5.41, 5.74) is 0.443. The van der Waals surface area contributed by atoms with Crippen molar-refractivity contribution in [3.05, 3.63) is 34.5 Å². The number of aliphatic carboxylic acids is 1. The van der Waals surface area contributed by atoms with Crippen molar-refractivity contribution in [1.82, 2.24) is 4.90 Å². The summed E-state index contributed by atoms with van der Waals surface area (Å²) in [6, 6.07) is 4.03. The van der Waals surface area contributed by atoms with Gasteiger partial charge in [-0.3, -0.25) is 14.5 Å². The van der Waals surface area contributed by atoms with Crippen molar-refractivity contribution < 1.29 is 23.8 Å². The van der Waals surface area contributed by atoms with E-state index in [1.54, 1.807) is 0 Å². The van der Waals surface area contributed by atoms with Gasteiger partial charge in [-0.25, -0.2) is 4.39 Å². The average Bonchev–Trinajstić information content (AvgIpc) is 2.74. The molecule has 1 aliphatic rings. The molecule has 1 saturated heterocycles. The number of carbonyl (C=O) groups excluding carboxylic acids is 1. The molecule has 0 aromatic heterocycles. The molecule has 23 heavy (non-hydrogen) atoms. The number of rotatable bonds is 6. The summed E-state index contributed by atoms with van der Waals surface area (Å²) in [6.45, 7) is 0.245. The van der Waals surface area contributed by atoms with E-state index in [0.29, 0.717) is 27.0 Å². The summed E-state index contributed by atoms with van der Waals surface area (Å²) in [5, 5.41) is 8.65. The summed E-state index contributed by atoms with van der Waals surface area (Å²) in [6.07, 6.45) is 1.81. The number of hydrogen-bond donors (Lipinski definition) is 1. The molecule has 2 rings (SSSR count). The van der Waals surface area contributed by atoms with E-state index >= 15 is 0 Å². The summed E-state index contributed by atoms with van der Waals surface area (Å²) < 4.78 is 18.9. The largest absolute Gasteiger partial charge is 0.496 e. The van der Waals surface area contributed by atoms with Crippen molar-refractivity contribution in [1.29, 1.82) is 0 Å². The van der Waals surface area contributed by atoms with E-state index in [2.05, 4.69) is 0 Å². The van der Waals surface area contributed by atoms with Crippen molar-refractivity contribution in [2.75, 3.05) is 13.7 Å². The third-order valence-electron chi connectivity index (χ3n) is 3.12. The van der Waals surface area contributed by atoms with Gasteiger partial charge < -0.3 is 9.84 Å². The van der Waals surface area contributed by atoms with Gasteiger partial charge in [0, 0.05) is 18.5 Å². The Labute approximate surface area is 142 Å². The lowest BCUT2D eigenvalue weighted by molar-refractivity contribution is -0.137. The summed E-state index contributed by atoms with van der Waals surface area (Å²) in [4.78, 5) is 24.6. The van der Waals surface area contributed by atoms with E-state index in [0.717, 1.165) is 11.8 Å². The Kier molecular flexibility index (Phi) is 5.73. The van der Waals surface area contributed by atoms with Gasteiger partial charge >= 0.3 is 5.97 Å². The molecule has 0 radical (unpaired) electrons. The average molecular weight is 355 g/mol. The molecular formula is C15H14FNO4S2. The molecule has 8 heteroatoms. The van der Waals surface area contributed by atoms with Crippen LogP contribution in [0.25, 0.3) is 6.08 Å². The minimum atomic E-state index is -0.921. The fourth-order valence-electron chi connectivity index (χ4n) is 2.04. The molecule has 0 aliphatic carbocycles. The highest BCUT2D eigenvalue weighted by Crippen LogP contribution is 2.34. The maximum Gasteiger partial charge on any atom is 0.303 e. The Hall–Kier alpha value is -1.93. The third kappa shape index (κ3) is 4.29. The first-order chi connectivity index (χ1) is 10.9.